The summed E-state index contributed by atoms with van der Waals surface area (Å²) >= 11 is 1.01. The molecule has 0 aromatic carbocycles. The molecule has 2 rings (SSSR count). The third-order valence-electron chi connectivity index (χ3n) is 2.26. The maximum atomic E-state index is 12.0. The first-order chi connectivity index (χ1) is 8.59. The summed E-state index contributed by atoms with van der Waals surface area (Å²) in [6, 6.07) is 3.37. The molecule has 2 aromatic heterocycles. The minimum atomic E-state index is -1.14. The van der Waals surface area contributed by atoms with Crippen LogP contribution in [-0.2, 0) is 0 Å². The summed E-state index contributed by atoms with van der Waals surface area (Å²) < 4.78 is 0. The van der Waals surface area contributed by atoms with Gasteiger partial charge in [-0.1, -0.05) is 0 Å². The Bertz CT molecular complexity index is 582. The third kappa shape index (κ3) is 2.35. The Morgan fingerprint density at radius 3 is 2.56 bits per heavy atom. The maximum Gasteiger partial charge on any atom is 0.355 e. The third-order valence-corrected chi connectivity index (χ3v) is 3.09. The van der Waals surface area contributed by atoms with E-state index >= 15 is 0 Å². The van der Waals surface area contributed by atoms with Gasteiger partial charge in [-0.05, 0) is 12.1 Å². The first-order valence-corrected chi connectivity index (χ1v) is 5.84. The Labute approximate surface area is 107 Å². The van der Waals surface area contributed by atoms with Crippen LogP contribution in [0.3, 0.4) is 0 Å². The van der Waals surface area contributed by atoms with E-state index in [0.717, 1.165) is 11.3 Å². The Kier molecular flexibility index (Phi) is 3.33. The molecule has 2 aromatic rings. The van der Waals surface area contributed by atoms with Crippen LogP contribution < -0.4 is 4.90 Å². The number of aromatic nitrogens is 2. The Hall–Kier alpha value is -2.28. The van der Waals surface area contributed by atoms with E-state index in [1.165, 1.54) is 10.3 Å². The number of anilines is 1. The van der Waals surface area contributed by atoms with Crippen molar-refractivity contribution in [3.63, 3.8) is 0 Å². The molecule has 0 atom stereocenters. The number of carbonyl (C=O) groups excluding carboxylic acids is 1. The van der Waals surface area contributed by atoms with Gasteiger partial charge in [-0.2, -0.15) is 0 Å². The summed E-state index contributed by atoms with van der Waals surface area (Å²) in [6.45, 7) is 0. The van der Waals surface area contributed by atoms with Gasteiger partial charge >= 0.3 is 5.97 Å². The molecule has 2 heterocycles. The van der Waals surface area contributed by atoms with E-state index in [1.807, 2.05) is 0 Å². The van der Waals surface area contributed by atoms with Crippen molar-refractivity contribution in [2.45, 2.75) is 0 Å². The van der Waals surface area contributed by atoms with Crippen molar-refractivity contribution in [3.8, 4) is 0 Å². The molecule has 0 radical (unpaired) electrons. The van der Waals surface area contributed by atoms with E-state index in [2.05, 4.69) is 9.97 Å². The number of nitrogens with zero attached hydrogens (tertiary/aromatic N) is 3. The van der Waals surface area contributed by atoms with Crippen molar-refractivity contribution in [1.82, 2.24) is 9.97 Å². The lowest BCUT2D eigenvalue weighted by Crippen LogP contribution is -2.26. The molecule has 0 bridgehead atoms. The molecular formula is C11H9N3O3S. The first kappa shape index (κ1) is 12.2. The van der Waals surface area contributed by atoms with Crippen LogP contribution in [0.4, 0.5) is 5.69 Å². The molecule has 0 saturated carbocycles. The van der Waals surface area contributed by atoms with Crippen molar-refractivity contribution >= 4 is 28.9 Å². The van der Waals surface area contributed by atoms with Crippen molar-refractivity contribution in [2.75, 3.05) is 11.9 Å². The topological polar surface area (TPSA) is 83.4 Å². The zero-order chi connectivity index (χ0) is 13.1. The number of aromatic carboxylic acids is 1. The number of thiazole rings is 1. The number of carboxylic acid groups (broad SMARTS) is 1. The second-order valence-electron chi connectivity index (χ2n) is 3.41. The second kappa shape index (κ2) is 4.92. The number of carbonyl (C=O) groups is 2. The lowest BCUT2D eigenvalue weighted by Gasteiger charge is -2.14. The highest BCUT2D eigenvalue weighted by atomic mass is 32.1. The van der Waals surface area contributed by atoms with Crippen LogP contribution in [0.15, 0.2) is 29.9 Å². The van der Waals surface area contributed by atoms with Crippen molar-refractivity contribution < 1.29 is 14.7 Å². The summed E-state index contributed by atoms with van der Waals surface area (Å²) in [5.74, 6) is -1.49. The number of pyridine rings is 1. The largest absolute Gasteiger partial charge is 0.476 e. The predicted molar refractivity (Wildman–Crippen MR) is 66.0 cm³/mol. The predicted octanol–water partition coefficient (Wildman–Crippen LogP) is 1.51. The van der Waals surface area contributed by atoms with Gasteiger partial charge in [0.2, 0.25) is 0 Å². The molecule has 0 saturated heterocycles. The number of rotatable bonds is 3. The van der Waals surface area contributed by atoms with E-state index in [9.17, 15) is 9.59 Å². The molecule has 0 fully saturated rings. The summed E-state index contributed by atoms with van der Waals surface area (Å²) in [6.07, 6.45) is 3.15. The Balaban J connectivity index is 2.23. The highest BCUT2D eigenvalue weighted by Crippen LogP contribution is 2.17. The SMILES string of the molecule is CN(C(=O)c1nc(C(=O)O)cs1)c1ccncc1. The van der Waals surface area contributed by atoms with E-state index in [-0.39, 0.29) is 16.6 Å². The highest BCUT2D eigenvalue weighted by molar-refractivity contribution is 7.12. The zero-order valence-corrected chi connectivity index (χ0v) is 10.2. The molecule has 7 heteroatoms. The summed E-state index contributed by atoms with van der Waals surface area (Å²) in [5, 5.41) is 10.2. The normalized spacial score (nSPS) is 10.1. The van der Waals surface area contributed by atoms with E-state index < -0.39 is 5.97 Å². The van der Waals surface area contributed by atoms with Crippen molar-refractivity contribution in [1.29, 1.82) is 0 Å². The highest BCUT2D eigenvalue weighted by Gasteiger charge is 2.19. The van der Waals surface area contributed by atoms with Gasteiger partial charge in [-0.3, -0.25) is 9.78 Å². The Morgan fingerprint density at radius 1 is 1.33 bits per heavy atom. The molecule has 1 amide bonds. The maximum absolute atomic E-state index is 12.0. The van der Waals surface area contributed by atoms with Gasteiger partial charge < -0.3 is 10.0 Å². The lowest BCUT2D eigenvalue weighted by molar-refractivity contribution is 0.0691. The lowest BCUT2D eigenvalue weighted by atomic mass is 10.3. The molecule has 0 aliphatic carbocycles. The molecule has 1 N–H and O–H groups in total. The number of amides is 1. The number of hydrogen-bond acceptors (Lipinski definition) is 5. The summed E-state index contributed by atoms with van der Waals surface area (Å²) in [7, 11) is 1.60. The van der Waals surface area contributed by atoms with Gasteiger partial charge in [0.05, 0.1) is 0 Å². The van der Waals surface area contributed by atoms with E-state index in [1.54, 1.807) is 31.6 Å². The van der Waals surface area contributed by atoms with Crippen LogP contribution in [-0.4, -0.2) is 34.0 Å². The van der Waals surface area contributed by atoms with Crippen LogP contribution in [0.25, 0.3) is 0 Å². The molecule has 0 unspecified atom stereocenters. The van der Waals surface area contributed by atoms with Crippen LogP contribution >= 0.6 is 11.3 Å². The van der Waals surface area contributed by atoms with Crippen LogP contribution in [0.5, 0.6) is 0 Å². The molecule has 18 heavy (non-hydrogen) atoms. The fraction of sp³-hybridized carbons (Fsp3) is 0.0909. The summed E-state index contributed by atoms with van der Waals surface area (Å²) in [4.78, 5) is 31.8. The first-order valence-electron chi connectivity index (χ1n) is 4.96. The smallest absolute Gasteiger partial charge is 0.355 e. The quantitative estimate of drug-likeness (QED) is 0.907. The average molecular weight is 263 g/mol. The minimum absolute atomic E-state index is 0.119. The molecule has 0 aliphatic heterocycles. The van der Waals surface area contributed by atoms with E-state index in [4.69, 9.17) is 5.11 Å². The van der Waals surface area contributed by atoms with E-state index in [0.29, 0.717) is 5.69 Å². The van der Waals surface area contributed by atoms with Crippen LogP contribution in [0.2, 0.25) is 0 Å². The fourth-order valence-corrected chi connectivity index (χ4v) is 2.06. The molecular weight excluding hydrogens is 254 g/mol. The number of carboxylic acids is 1. The van der Waals surface area contributed by atoms with Gasteiger partial charge in [0, 0.05) is 30.5 Å². The minimum Gasteiger partial charge on any atom is -0.476 e. The van der Waals surface area contributed by atoms with Gasteiger partial charge in [0.1, 0.15) is 0 Å². The van der Waals surface area contributed by atoms with Gasteiger partial charge in [-0.25, -0.2) is 9.78 Å². The molecule has 0 aliphatic rings. The monoisotopic (exact) mass is 263 g/mol. The summed E-state index contributed by atoms with van der Waals surface area (Å²) in [5.41, 5.74) is 0.550. The average Bonchev–Trinajstić information content (AvgIpc) is 2.88. The van der Waals surface area contributed by atoms with Crippen molar-refractivity contribution in [3.05, 3.63) is 40.6 Å². The van der Waals surface area contributed by atoms with Crippen LogP contribution in [0, 0.1) is 0 Å². The molecule has 0 spiro atoms. The van der Waals surface area contributed by atoms with Gasteiger partial charge in [-0.15, -0.1) is 11.3 Å². The second-order valence-corrected chi connectivity index (χ2v) is 4.27. The molecule has 6 nitrogen and oxygen atoms in total. The standard InChI is InChI=1S/C11H9N3O3S/c1-14(7-2-4-12-5-3-7)10(15)9-13-8(6-18-9)11(16)17/h2-6H,1H3,(H,16,17). The van der Waals surface area contributed by atoms with Crippen LogP contribution in [0.1, 0.15) is 20.3 Å². The van der Waals surface area contributed by atoms with Gasteiger partial charge in [0.25, 0.3) is 5.91 Å². The Morgan fingerprint density at radius 2 is 2.00 bits per heavy atom. The van der Waals surface area contributed by atoms with Gasteiger partial charge in [0.15, 0.2) is 10.7 Å². The molecule has 92 valence electrons. The zero-order valence-electron chi connectivity index (χ0n) is 9.40. The van der Waals surface area contributed by atoms with Crippen molar-refractivity contribution in [2.24, 2.45) is 0 Å². The number of hydrogen-bond donors (Lipinski definition) is 1. The fourth-order valence-electron chi connectivity index (χ4n) is 1.30.